The summed E-state index contributed by atoms with van der Waals surface area (Å²) in [5.74, 6) is 0.403. The first-order chi connectivity index (χ1) is 14.7. The van der Waals surface area contributed by atoms with E-state index in [2.05, 4.69) is 17.1 Å². The summed E-state index contributed by atoms with van der Waals surface area (Å²) in [6.45, 7) is 4.81. The van der Waals surface area contributed by atoms with Crippen molar-refractivity contribution in [2.24, 2.45) is 5.92 Å². The van der Waals surface area contributed by atoms with E-state index in [4.69, 9.17) is 16.3 Å². The summed E-state index contributed by atoms with van der Waals surface area (Å²) in [5, 5.41) is 33.4. The highest BCUT2D eigenvalue weighted by Gasteiger charge is 2.48. The van der Waals surface area contributed by atoms with E-state index in [1.54, 1.807) is 13.2 Å². The second-order valence-electron chi connectivity index (χ2n) is 9.12. The van der Waals surface area contributed by atoms with Crippen molar-refractivity contribution < 1.29 is 24.9 Å². The van der Waals surface area contributed by atoms with Crippen LogP contribution in [-0.4, -0.2) is 93.3 Å². The Morgan fingerprint density at radius 3 is 2.55 bits per heavy atom. The normalized spacial score (nSPS) is 36.7. The van der Waals surface area contributed by atoms with Crippen molar-refractivity contribution in [3.05, 3.63) is 0 Å². The van der Waals surface area contributed by atoms with E-state index in [1.807, 2.05) is 7.05 Å². The molecule has 2 heterocycles. The lowest BCUT2D eigenvalue weighted by molar-refractivity contribution is -0.205. The Morgan fingerprint density at radius 2 is 1.94 bits per heavy atom. The number of rotatable bonds is 10. The van der Waals surface area contributed by atoms with Gasteiger partial charge in [-0.3, -0.25) is 9.69 Å². The summed E-state index contributed by atoms with van der Waals surface area (Å²) >= 11 is 7.64. The third-order valence-corrected chi connectivity index (χ3v) is 7.87. The van der Waals surface area contributed by atoms with E-state index < -0.39 is 41.3 Å². The van der Waals surface area contributed by atoms with Crippen molar-refractivity contribution in [2.75, 3.05) is 19.8 Å². The number of nitrogens with zero attached hydrogens (tertiary/aromatic N) is 1. The van der Waals surface area contributed by atoms with Crippen molar-refractivity contribution in [3.63, 3.8) is 0 Å². The standard InChI is InChI=1S/C22H41ClN2O5S/c1-5-6-7-8-9-14-10-11-25(3)15(12-14)21(29)24-16(13(2)23)20-18(27)17(26)19(28)22(30-20)31-4/h13-20,22,26-28H,5-12H2,1-4H3,(H,24,29)/t13?,14-,15+,16?,17?,18?,19?,20?,22?/m1/s1. The lowest BCUT2D eigenvalue weighted by Gasteiger charge is -2.44. The molecule has 0 aromatic carbocycles. The molecule has 7 nitrogen and oxygen atoms in total. The molecule has 0 radical (unpaired) electrons. The number of unbranched alkanes of at least 4 members (excludes halogenated alkanes) is 3. The molecule has 2 aliphatic rings. The molecule has 182 valence electrons. The van der Waals surface area contributed by atoms with Gasteiger partial charge < -0.3 is 25.4 Å². The van der Waals surface area contributed by atoms with Gasteiger partial charge in [-0.15, -0.1) is 23.4 Å². The highest BCUT2D eigenvalue weighted by molar-refractivity contribution is 7.99. The number of ether oxygens (including phenoxy) is 1. The second-order valence-corrected chi connectivity index (χ2v) is 10.7. The number of nitrogens with one attached hydrogen (secondary N) is 1. The Balaban J connectivity index is 2.03. The molecule has 7 unspecified atom stereocenters. The predicted molar refractivity (Wildman–Crippen MR) is 125 cm³/mol. The first-order valence-corrected chi connectivity index (χ1v) is 13.3. The molecule has 2 fully saturated rings. The van der Waals surface area contributed by atoms with Gasteiger partial charge in [0, 0.05) is 0 Å². The Labute approximate surface area is 196 Å². The predicted octanol–water partition coefficient (Wildman–Crippen LogP) is 1.95. The Hall–Kier alpha value is -0.0900. The molecule has 2 saturated heterocycles. The second kappa shape index (κ2) is 13.0. The molecule has 0 bridgehead atoms. The summed E-state index contributed by atoms with van der Waals surface area (Å²) in [4.78, 5) is 15.3. The fraction of sp³-hybridized carbons (Fsp3) is 0.955. The molecular weight excluding hydrogens is 440 g/mol. The molecule has 1 amide bonds. The fourth-order valence-corrected chi connectivity index (χ4v) is 5.55. The van der Waals surface area contributed by atoms with E-state index in [-0.39, 0.29) is 11.9 Å². The van der Waals surface area contributed by atoms with Gasteiger partial charge in [-0.2, -0.15) is 0 Å². The number of likely N-dealkylation sites (tertiary alicyclic amines) is 1. The summed E-state index contributed by atoms with van der Waals surface area (Å²) in [6, 6.07) is -0.949. The van der Waals surface area contributed by atoms with Crippen molar-refractivity contribution in [1.29, 1.82) is 0 Å². The van der Waals surface area contributed by atoms with E-state index in [9.17, 15) is 20.1 Å². The average Bonchev–Trinajstić information content (AvgIpc) is 2.74. The highest BCUT2D eigenvalue weighted by atomic mass is 35.5. The van der Waals surface area contributed by atoms with Crippen molar-refractivity contribution in [3.8, 4) is 0 Å². The van der Waals surface area contributed by atoms with Gasteiger partial charge in [-0.1, -0.05) is 39.0 Å². The van der Waals surface area contributed by atoms with Crippen molar-refractivity contribution in [1.82, 2.24) is 10.2 Å². The van der Waals surface area contributed by atoms with E-state index in [0.29, 0.717) is 5.92 Å². The molecule has 0 aromatic heterocycles. The van der Waals surface area contributed by atoms with Crippen LogP contribution in [0.3, 0.4) is 0 Å². The first kappa shape index (κ1) is 27.2. The van der Waals surface area contributed by atoms with Gasteiger partial charge in [-0.25, -0.2) is 0 Å². The zero-order chi connectivity index (χ0) is 23.1. The quantitative estimate of drug-likeness (QED) is 0.280. The molecule has 2 rings (SSSR count). The smallest absolute Gasteiger partial charge is 0.237 e. The number of likely N-dealkylation sites (N-methyl/N-ethyl adjacent to an activating group) is 1. The third kappa shape index (κ3) is 7.19. The van der Waals surface area contributed by atoms with Crippen molar-refractivity contribution in [2.45, 2.75) is 106 Å². The first-order valence-electron chi connectivity index (χ1n) is 11.6. The lowest BCUT2D eigenvalue weighted by Crippen LogP contribution is -2.65. The number of carbonyl (C=O) groups is 1. The molecule has 2 aliphatic heterocycles. The van der Waals surface area contributed by atoms with Gasteiger partial charge in [0.1, 0.15) is 29.9 Å². The molecule has 31 heavy (non-hydrogen) atoms. The average molecular weight is 481 g/mol. The molecule has 4 N–H and O–H groups in total. The van der Waals surface area contributed by atoms with Crippen LogP contribution in [0.4, 0.5) is 0 Å². The maximum absolute atomic E-state index is 13.2. The Bertz CT molecular complexity index is 556. The highest BCUT2D eigenvalue weighted by Crippen LogP contribution is 2.31. The molecule has 0 saturated carbocycles. The van der Waals surface area contributed by atoms with Crippen LogP contribution in [0.15, 0.2) is 0 Å². The number of amides is 1. The number of alkyl halides is 1. The van der Waals surface area contributed by atoms with Gasteiger partial charge in [0.2, 0.25) is 5.91 Å². The van der Waals surface area contributed by atoms with Crippen LogP contribution in [0.2, 0.25) is 0 Å². The van der Waals surface area contributed by atoms with Crippen LogP contribution >= 0.6 is 23.4 Å². The summed E-state index contributed by atoms with van der Waals surface area (Å²) < 4.78 is 5.86. The minimum absolute atomic E-state index is 0.129. The minimum Gasteiger partial charge on any atom is -0.388 e. The largest absolute Gasteiger partial charge is 0.388 e. The molecular formula is C22H41ClN2O5S. The van der Waals surface area contributed by atoms with Gasteiger partial charge in [0.25, 0.3) is 0 Å². The maximum atomic E-state index is 13.2. The number of hydrogen-bond acceptors (Lipinski definition) is 7. The van der Waals surface area contributed by atoms with Crippen LogP contribution in [-0.2, 0) is 9.53 Å². The third-order valence-electron chi connectivity index (χ3n) is 6.74. The molecule has 0 aliphatic carbocycles. The van der Waals surface area contributed by atoms with Crippen LogP contribution in [0.5, 0.6) is 0 Å². The monoisotopic (exact) mass is 480 g/mol. The van der Waals surface area contributed by atoms with Crippen LogP contribution < -0.4 is 5.32 Å². The summed E-state index contributed by atoms with van der Waals surface area (Å²) in [5.41, 5.74) is -0.705. The van der Waals surface area contributed by atoms with E-state index in [1.165, 1.54) is 37.4 Å². The summed E-state index contributed by atoms with van der Waals surface area (Å²) in [7, 11) is 1.96. The zero-order valence-corrected chi connectivity index (χ0v) is 20.8. The maximum Gasteiger partial charge on any atom is 0.237 e. The molecule has 9 atom stereocenters. The number of halogens is 1. The molecule has 9 heteroatoms. The van der Waals surface area contributed by atoms with Gasteiger partial charge >= 0.3 is 0 Å². The Kier molecular flexibility index (Phi) is 11.4. The zero-order valence-electron chi connectivity index (χ0n) is 19.2. The number of aliphatic hydroxyl groups excluding tert-OH is 3. The molecule has 0 aromatic rings. The number of carbonyl (C=O) groups excluding carboxylic acids is 1. The number of hydrogen-bond donors (Lipinski definition) is 4. The molecule has 0 spiro atoms. The topological polar surface area (TPSA) is 102 Å². The van der Waals surface area contributed by atoms with Crippen LogP contribution in [0.25, 0.3) is 0 Å². The Morgan fingerprint density at radius 1 is 1.23 bits per heavy atom. The minimum atomic E-state index is -1.36. The van der Waals surface area contributed by atoms with Crippen LogP contribution in [0.1, 0.15) is 58.8 Å². The summed E-state index contributed by atoms with van der Waals surface area (Å²) in [6.07, 6.45) is 4.91. The van der Waals surface area contributed by atoms with Gasteiger partial charge in [-0.05, 0) is 45.5 Å². The number of piperidine rings is 1. The van der Waals surface area contributed by atoms with Crippen LogP contribution in [0, 0.1) is 5.92 Å². The lowest BCUT2D eigenvalue weighted by atomic mass is 9.86. The SMILES string of the molecule is CCCCCC[C@@H]1CCN(C)[C@H](C(=O)NC(C(C)Cl)C2OC(SC)C(O)C(O)C2O)C1. The number of thioether (sulfide) groups is 1. The van der Waals surface area contributed by atoms with Gasteiger partial charge in [0.15, 0.2) is 0 Å². The van der Waals surface area contributed by atoms with E-state index >= 15 is 0 Å². The van der Waals surface area contributed by atoms with Crippen molar-refractivity contribution >= 4 is 29.3 Å². The number of aliphatic hydroxyl groups is 3. The van der Waals surface area contributed by atoms with E-state index in [0.717, 1.165) is 25.8 Å². The van der Waals surface area contributed by atoms with Gasteiger partial charge in [0.05, 0.1) is 17.5 Å². The fourth-order valence-electron chi connectivity index (χ4n) is 4.67.